The zero-order chi connectivity index (χ0) is 19.0. The summed E-state index contributed by atoms with van der Waals surface area (Å²) in [6, 6.07) is 15.0. The van der Waals surface area contributed by atoms with Gasteiger partial charge in [-0.2, -0.15) is 0 Å². The van der Waals surface area contributed by atoms with Crippen molar-refractivity contribution in [2.45, 2.75) is 6.92 Å². The van der Waals surface area contributed by atoms with Crippen LogP contribution in [0.25, 0.3) is 5.57 Å². The number of ether oxygens (including phenoxy) is 1. The van der Waals surface area contributed by atoms with E-state index in [1.807, 2.05) is 48.2 Å². The molecule has 138 valence electrons. The molecule has 0 saturated carbocycles. The molecule has 0 unspecified atom stereocenters. The van der Waals surface area contributed by atoms with E-state index in [1.54, 1.807) is 12.1 Å². The second-order valence-electron chi connectivity index (χ2n) is 6.61. The highest BCUT2D eigenvalue weighted by molar-refractivity contribution is 9.10. The quantitative estimate of drug-likeness (QED) is 0.705. The molecule has 0 aliphatic carbocycles. The highest BCUT2D eigenvalue weighted by Gasteiger charge is 2.42. The maximum absolute atomic E-state index is 13.3. The van der Waals surface area contributed by atoms with Crippen LogP contribution < -0.4 is 4.90 Å². The Morgan fingerprint density at radius 2 is 1.67 bits per heavy atom. The highest BCUT2D eigenvalue weighted by Crippen LogP contribution is 2.35. The summed E-state index contributed by atoms with van der Waals surface area (Å²) >= 11 is 3.42. The first-order valence-electron chi connectivity index (χ1n) is 8.84. The highest BCUT2D eigenvalue weighted by atomic mass is 79.9. The average molecular weight is 427 g/mol. The summed E-state index contributed by atoms with van der Waals surface area (Å²) in [5.74, 6) is -0.570. The number of hydrogen-bond donors (Lipinski definition) is 0. The van der Waals surface area contributed by atoms with Crippen LogP contribution in [0, 0.1) is 6.92 Å². The lowest BCUT2D eigenvalue weighted by Gasteiger charge is -2.29. The normalized spacial score (nSPS) is 17.9. The molecule has 0 bridgehead atoms. The lowest BCUT2D eigenvalue weighted by atomic mass is 10.0. The van der Waals surface area contributed by atoms with Crippen LogP contribution in [-0.4, -0.2) is 43.0 Å². The van der Waals surface area contributed by atoms with Crippen molar-refractivity contribution in [3.05, 3.63) is 69.8 Å². The maximum atomic E-state index is 13.3. The van der Waals surface area contributed by atoms with Crippen molar-refractivity contribution in [3.8, 4) is 0 Å². The van der Waals surface area contributed by atoms with E-state index in [1.165, 1.54) is 4.90 Å². The first-order chi connectivity index (χ1) is 13.1. The molecule has 2 aliphatic rings. The Morgan fingerprint density at radius 3 is 2.33 bits per heavy atom. The van der Waals surface area contributed by atoms with Crippen molar-refractivity contribution in [3.63, 3.8) is 0 Å². The topological polar surface area (TPSA) is 49.9 Å². The fourth-order valence-corrected chi connectivity index (χ4v) is 3.82. The molecule has 5 nitrogen and oxygen atoms in total. The molecule has 4 rings (SSSR count). The molecule has 2 aliphatic heterocycles. The van der Waals surface area contributed by atoms with E-state index in [0.717, 1.165) is 15.6 Å². The summed E-state index contributed by atoms with van der Waals surface area (Å²) in [5, 5.41) is 0. The fraction of sp³-hybridized carbons (Fsp3) is 0.238. The van der Waals surface area contributed by atoms with Gasteiger partial charge in [0.25, 0.3) is 11.8 Å². The van der Waals surface area contributed by atoms with Crippen LogP contribution in [0.2, 0.25) is 0 Å². The molecule has 2 aromatic carbocycles. The predicted molar refractivity (Wildman–Crippen MR) is 107 cm³/mol. The lowest BCUT2D eigenvalue weighted by Crippen LogP contribution is -2.40. The molecule has 0 spiro atoms. The number of anilines is 1. The Kier molecular flexibility index (Phi) is 4.85. The van der Waals surface area contributed by atoms with Gasteiger partial charge in [-0.25, -0.2) is 4.90 Å². The van der Waals surface area contributed by atoms with E-state index < -0.39 is 0 Å². The van der Waals surface area contributed by atoms with E-state index in [2.05, 4.69) is 15.9 Å². The number of carbonyl (C=O) groups is 2. The molecule has 27 heavy (non-hydrogen) atoms. The summed E-state index contributed by atoms with van der Waals surface area (Å²) in [4.78, 5) is 29.9. The molecular formula is C21H19BrN2O3. The Bertz CT molecular complexity index is 931. The SMILES string of the molecule is Cc1ccc(C2=C(N3CCOCC3)C(=O)N(c3cccc(Br)c3)C2=O)cc1. The molecule has 0 radical (unpaired) electrons. The molecule has 2 amide bonds. The number of hydrogen-bond acceptors (Lipinski definition) is 4. The Hall–Kier alpha value is -2.44. The fourth-order valence-electron chi connectivity index (χ4n) is 3.43. The van der Waals surface area contributed by atoms with Crippen LogP contribution >= 0.6 is 15.9 Å². The van der Waals surface area contributed by atoms with Gasteiger partial charge in [0.2, 0.25) is 0 Å². The van der Waals surface area contributed by atoms with Gasteiger partial charge in [-0.15, -0.1) is 0 Å². The van der Waals surface area contributed by atoms with Crippen LogP contribution in [-0.2, 0) is 14.3 Å². The number of benzene rings is 2. The van der Waals surface area contributed by atoms with E-state index in [4.69, 9.17) is 4.74 Å². The van der Waals surface area contributed by atoms with Gasteiger partial charge >= 0.3 is 0 Å². The van der Waals surface area contributed by atoms with Crippen molar-refractivity contribution < 1.29 is 14.3 Å². The first-order valence-corrected chi connectivity index (χ1v) is 9.64. The largest absolute Gasteiger partial charge is 0.378 e. The van der Waals surface area contributed by atoms with Crippen LogP contribution in [0.1, 0.15) is 11.1 Å². The van der Waals surface area contributed by atoms with E-state index in [0.29, 0.717) is 43.3 Å². The second-order valence-corrected chi connectivity index (χ2v) is 7.53. The maximum Gasteiger partial charge on any atom is 0.282 e. The number of imide groups is 1. The number of rotatable bonds is 3. The number of morpholine rings is 1. The summed E-state index contributed by atoms with van der Waals surface area (Å²) in [7, 11) is 0. The van der Waals surface area contributed by atoms with Gasteiger partial charge in [-0.05, 0) is 30.7 Å². The number of aryl methyl sites for hydroxylation is 1. The molecule has 0 N–H and O–H groups in total. The molecule has 2 aromatic rings. The third kappa shape index (κ3) is 3.31. The van der Waals surface area contributed by atoms with Gasteiger partial charge in [-0.3, -0.25) is 9.59 Å². The molecule has 1 saturated heterocycles. The lowest BCUT2D eigenvalue weighted by molar-refractivity contribution is -0.121. The van der Waals surface area contributed by atoms with Crippen molar-refractivity contribution in [1.82, 2.24) is 4.90 Å². The minimum Gasteiger partial charge on any atom is -0.378 e. The van der Waals surface area contributed by atoms with Gasteiger partial charge in [0.1, 0.15) is 5.70 Å². The van der Waals surface area contributed by atoms with Gasteiger partial charge in [0, 0.05) is 17.6 Å². The zero-order valence-electron chi connectivity index (χ0n) is 14.9. The summed E-state index contributed by atoms with van der Waals surface area (Å²) in [6.07, 6.45) is 0. The second kappa shape index (κ2) is 7.29. The van der Waals surface area contributed by atoms with E-state index >= 15 is 0 Å². The Balaban J connectivity index is 1.83. The Morgan fingerprint density at radius 1 is 0.963 bits per heavy atom. The van der Waals surface area contributed by atoms with Crippen LogP contribution in [0.15, 0.2) is 58.7 Å². The minimum atomic E-state index is -0.288. The summed E-state index contributed by atoms with van der Waals surface area (Å²) < 4.78 is 6.24. The van der Waals surface area contributed by atoms with E-state index in [9.17, 15) is 9.59 Å². The Labute approximate surface area is 166 Å². The standard InChI is InChI=1S/C21H19BrN2O3/c1-14-5-7-15(8-6-14)18-19(23-9-11-27-12-10-23)21(26)24(20(18)25)17-4-2-3-16(22)13-17/h2-8,13H,9-12H2,1H3. The molecule has 6 heteroatoms. The number of carbonyl (C=O) groups excluding carboxylic acids is 2. The molecule has 0 atom stereocenters. The molecule has 1 fully saturated rings. The van der Waals surface area contributed by atoms with Gasteiger partial charge < -0.3 is 9.64 Å². The van der Waals surface area contributed by atoms with Crippen molar-refractivity contribution in [2.24, 2.45) is 0 Å². The van der Waals surface area contributed by atoms with E-state index in [-0.39, 0.29) is 11.8 Å². The third-order valence-electron chi connectivity index (χ3n) is 4.79. The number of amides is 2. The van der Waals surface area contributed by atoms with Gasteiger partial charge in [-0.1, -0.05) is 51.8 Å². The summed E-state index contributed by atoms with van der Waals surface area (Å²) in [6.45, 7) is 4.27. The molecular weight excluding hydrogens is 408 g/mol. The van der Waals surface area contributed by atoms with Crippen LogP contribution in [0.4, 0.5) is 5.69 Å². The predicted octanol–water partition coefficient (Wildman–Crippen LogP) is 3.37. The van der Waals surface area contributed by atoms with Gasteiger partial charge in [0.15, 0.2) is 0 Å². The number of nitrogens with zero attached hydrogens (tertiary/aromatic N) is 2. The summed E-state index contributed by atoms with van der Waals surface area (Å²) in [5.41, 5.74) is 3.35. The smallest absolute Gasteiger partial charge is 0.282 e. The van der Waals surface area contributed by atoms with Crippen molar-refractivity contribution in [1.29, 1.82) is 0 Å². The van der Waals surface area contributed by atoms with Gasteiger partial charge in [0.05, 0.1) is 24.5 Å². The van der Waals surface area contributed by atoms with Crippen molar-refractivity contribution in [2.75, 3.05) is 31.2 Å². The molecule has 0 aromatic heterocycles. The molecule has 2 heterocycles. The third-order valence-corrected chi connectivity index (χ3v) is 5.29. The average Bonchev–Trinajstić information content (AvgIpc) is 2.93. The first kappa shape index (κ1) is 17.9. The van der Waals surface area contributed by atoms with Crippen LogP contribution in [0.5, 0.6) is 0 Å². The van der Waals surface area contributed by atoms with Crippen molar-refractivity contribution >= 4 is 39.0 Å². The van der Waals surface area contributed by atoms with Crippen LogP contribution in [0.3, 0.4) is 0 Å². The monoisotopic (exact) mass is 426 g/mol. The zero-order valence-corrected chi connectivity index (χ0v) is 16.5. The number of halogens is 1. The minimum absolute atomic E-state index is 0.282.